The van der Waals surface area contributed by atoms with Crippen molar-refractivity contribution in [2.45, 2.75) is 12.6 Å². The maximum atomic E-state index is 13.8. The zero-order valence-corrected chi connectivity index (χ0v) is 22.1. The number of fused-ring (bicyclic) bond motifs is 1. The van der Waals surface area contributed by atoms with Gasteiger partial charge in [0.2, 0.25) is 5.78 Å². The number of rotatable bonds is 10. The highest BCUT2D eigenvalue weighted by atomic mass is 35.5. The quantitative estimate of drug-likeness (QED) is 0.247. The molecule has 2 heterocycles. The van der Waals surface area contributed by atoms with E-state index >= 15 is 0 Å². The van der Waals surface area contributed by atoms with Crippen molar-refractivity contribution in [2.24, 2.45) is 0 Å². The Morgan fingerprint density at radius 2 is 1.85 bits per heavy atom. The number of aliphatic hydroxyl groups excluding tert-OH is 1. The third-order valence-corrected chi connectivity index (χ3v) is 6.72. The number of aliphatic hydroxyl groups is 1. The van der Waals surface area contributed by atoms with Crippen LogP contribution in [0.2, 0.25) is 5.02 Å². The number of hydrogen-bond acceptors (Lipinski definition) is 7. The monoisotopic (exact) mass is 547 g/mol. The number of ether oxygens (including phenoxy) is 3. The van der Waals surface area contributed by atoms with E-state index in [2.05, 4.69) is 0 Å². The van der Waals surface area contributed by atoms with Crippen LogP contribution in [-0.2, 0) is 16.1 Å². The first kappa shape index (κ1) is 26.3. The first-order valence-electron chi connectivity index (χ1n) is 12.2. The fourth-order valence-corrected chi connectivity index (χ4v) is 4.87. The maximum absolute atomic E-state index is 13.8. The number of halogens is 1. The van der Waals surface area contributed by atoms with Crippen LogP contribution in [0.5, 0.6) is 11.5 Å². The van der Waals surface area contributed by atoms with Crippen LogP contribution in [0.3, 0.4) is 0 Å². The Labute approximate surface area is 229 Å². The summed E-state index contributed by atoms with van der Waals surface area (Å²) >= 11 is 6.18. The maximum Gasteiger partial charge on any atom is 0.290 e. The lowest BCUT2D eigenvalue weighted by molar-refractivity contribution is -0.130. The van der Waals surface area contributed by atoms with Crippen LogP contribution in [0.25, 0.3) is 11.0 Å². The SMILES string of the molecule is COCCN1C(=O)C(O)=C(C(=O)c2cc3cc(Cl)cc(OC)c3o2)C1c1cccc(OCc2ccccc2)c1. The number of furan rings is 1. The van der Waals surface area contributed by atoms with Gasteiger partial charge < -0.3 is 28.6 Å². The summed E-state index contributed by atoms with van der Waals surface area (Å²) in [5, 5.41) is 11.9. The Morgan fingerprint density at radius 1 is 1.05 bits per heavy atom. The molecule has 0 spiro atoms. The first-order chi connectivity index (χ1) is 18.9. The van der Waals surface area contributed by atoms with E-state index in [1.165, 1.54) is 25.2 Å². The summed E-state index contributed by atoms with van der Waals surface area (Å²) in [6.45, 7) is 0.707. The number of carbonyl (C=O) groups is 2. The van der Waals surface area contributed by atoms with Gasteiger partial charge in [0.15, 0.2) is 22.9 Å². The molecule has 1 atom stereocenters. The van der Waals surface area contributed by atoms with Crippen molar-refractivity contribution in [1.82, 2.24) is 4.90 Å². The number of ketones is 1. The smallest absolute Gasteiger partial charge is 0.290 e. The lowest BCUT2D eigenvalue weighted by atomic mass is 9.95. The van der Waals surface area contributed by atoms with Crippen LogP contribution in [-0.4, -0.2) is 49.1 Å². The second-order valence-corrected chi connectivity index (χ2v) is 9.41. The highest BCUT2D eigenvalue weighted by Crippen LogP contribution is 2.41. The molecule has 1 aromatic heterocycles. The number of methoxy groups -OCH3 is 2. The number of amides is 1. The molecule has 4 aromatic rings. The number of carbonyl (C=O) groups excluding carboxylic acids is 2. The van der Waals surface area contributed by atoms with Gasteiger partial charge in [-0.05, 0) is 35.4 Å². The Balaban J connectivity index is 1.52. The minimum Gasteiger partial charge on any atom is -0.503 e. The van der Waals surface area contributed by atoms with Crippen LogP contribution in [0.1, 0.15) is 27.7 Å². The van der Waals surface area contributed by atoms with Gasteiger partial charge in [-0.1, -0.05) is 54.1 Å². The van der Waals surface area contributed by atoms with E-state index in [4.69, 9.17) is 30.2 Å². The standard InChI is InChI=1S/C30H26ClNO7/c1-36-12-11-32-26(19-9-6-10-22(14-19)38-17-18-7-4-3-5-8-18)25(28(34)30(32)35)27(33)23-15-20-13-21(31)16-24(37-2)29(20)39-23/h3-10,13-16,26,34H,11-12,17H2,1-2H3. The van der Waals surface area contributed by atoms with Gasteiger partial charge in [-0.2, -0.15) is 0 Å². The Hall–Kier alpha value is -4.27. The van der Waals surface area contributed by atoms with E-state index in [-0.39, 0.29) is 24.5 Å². The van der Waals surface area contributed by atoms with Gasteiger partial charge in [0.1, 0.15) is 12.4 Å². The average Bonchev–Trinajstić information content (AvgIpc) is 3.49. The van der Waals surface area contributed by atoms with Crippen LogP contribution in [0.4, 0.5) is 0 Å². The molecule has 0 fully saturated rings. The van der Waals surface area contributed by atoms with Gasteiger partial charge in [0.05, 0.1) is 25.3 Å². The van der Waals surface area contributed by atoms with Gasteiger partial charge in [-0.15, -0.1) is 0 Å². The van der Waals surface area contributed by atoms with E-state index in [0.717, 1.165) is 5.56 Å². The van der Waals surface area contributed by atoms with Crippen molar-refractivity contribution >= 4 is 34.3 Å². The second kappa shape index (κ2) is 11.2. The molecule has 5 rings (SSSR count). The molecule has 39 heavy (non-hydrogen) atoms. The molecule has 3 aromatic carbocycles. The molecular weight excluding hydrogens is 522 g/mol. The van der Waals surface area contributed by atoms with E-state index in [1.54, 1.807) is 36.4 Å². The molecular formula is C30H26ClNO7. The number of benzene rings is 3. The second-order valence-electron chi connectivity index (χ2n) is 8.97. The molecule has 9 heteroatoms. The third kappa shape index (κ3) is 5.21. The highest BCUT2D eigenvalue weighted by molar-refractivity contribution is 6.31. The fourth-order valence-electron chi connectivity index (χ4n) is 4.65. The number of Topliss-reactive ketones (excluding diaryl/α,β-unsaturated/α-hetero) is 1. The van der Waals surface area contributed by atoms with E-state index in [1.807, 2.05) is 30.3 Å². The lowest BCUT2D eigenvalue weighted by Crippen LogP contribution is -2.34. The molecule has 0 saturated carbocycles. The van der Waals surface area contributed by atoms with Gasteiger partial charge >= 0.3 is 0 Å². The fraction of sp³-hybridized carbons (Fsp3) is 0.200. The third-order valence-electron chi connectivity index (χ3n) is 6.50. The molecule has 1 aliphatic rings. The molecule has 0 aliphatic carbocycles. The van der Waals surface area contributed by atoms with Gasteiger partial charge in [0, 0.05) is 30.1 Å². The Kier molecular flexibility index (Phi) is 7.58. The van der Waals surface area contributed by atoms with Crippen molar-refractivity contribution in [3.8, 4) is 11.5 Å². The van der Waals surface area contributed by atoms with Gasteiger partial charge in [-0.3, -0.25) is 9.59 Å². The first-order valence-corrected chi connectivity index (χ1v) is 12.6. The molecule has 0 radical (unpaired) electrons. The van der Waals surface area contributed by atoms with Crippen molar-refractivity contribution in [2.75, 3.05) is 27.4 Å². The predicted molar refractivity (Wildman–Crippen MR) is 145 cm³/mol. The molecule has 0 bridgehead atoms. The summed E-state index contributed by atoms with van der Waals surface area (Å²) in [6.07, 6.45) is 0. The Bertz CT molecular complexity index is 1560. The largest absolute Gasteiger partial charge is 0.503 e. The van der Waals surface area contributed by atoms with Crippen molar-refractivity contribution in [3.05, 3.63) is 106 Å². The summed E-state index contributed by atoms with van der Waals surface area (Å²) in [5.41, 5.74) is 1.82. The zero-order valence-electron chi connectivity index (χ0n) is 21.3. The highest BCUT2D eigenvalue weighted by Gasteiger charge is 2.44. The molecule has 1 unspecified atom stereocenters. The van der Waals surface area contributed by atoms with Crippen LogP contribution < -0.4 is 9.47 Å². The van der Waals surface area contributed by atoms with Crippen LogP contribution in [0, 0.1) is 0 Å². The zero-order chi connectivity index (χ0) is 27.5. The summed E-state index contributed by atoms with van der Waals surface area (Å²) in [7, 11) is 2.98. The van der Waals surface area contributed by atoms with Gasteiger partial charge in [-0.25, -0.2) is 0 Å². The van der Waals surface area contributed by atoms with Crippen molar-refractivity contribution in [1.29, 1.82) is 0 Å². The topological polar surface area (TPSA) is 98.4 Å². The molecule has 0 saturated heterocycles. The van der Waals surface area contributed by atoms with Crippen molar-refractivity contribution < 1.29 is 33.3 Å². The predicted octanol–water partition coefficient (Wildman–Crippen LogP) is 5.90. The minimum atomic E-state index is -0.890. The molecule has 1 aliphatic heterocycles. The van der Waals surface area contributed by atoms with Crippen LogP contribution in [0.15, 0.2) is 88.5 Å². The molecule has 1 N–H and O–H groups in total. The summed E-state index contributed by atoms with van der Waals surface area (Å²) in [6, 6.07) is 20.7. The average molecular weight is 548 g/mol. The molecule has 8 nitrogen and oxygen atoms in total. The molecule has 1 amide bonds. The summed E-state index contributed by atoms with van der Waals surface area (Å²) < 4.78 is 22.4. The number of hydrogen-bond donors (Lipinski definition) is 1. The Morgan fingerprint density at radius 3 is 2.59 bits per heavy atom. The minimum absolute atomic E-state index is 0.0602. The summed E-state index contributed by atoms with van der Waals surface area (Å²) in [4.78, 5) is 28.4. The molecule has 200 valence electrons. The number of nitrogens with zero attached hydrogens (tertiary/aromatic N) is 1. The normalized spacial score (nSPS) is 15.3. The van der Waals surface area contributed by atoms with E-state index in [9.17, 15) is 14.7 Å². The summed E-state index contributed by atoms with van der Waals surface area (Å²) in [5.74, 6) is -1.09. The van der Waals surface area contributed by atoms with Crippen molar-refractivity contribution in [3.63, 3.8) is 0 Å². The van der Waals surface area contributed by atoms with Crippen LogP contribution >= 0.6 is 11.6 Å². The lowest BCUT2D eigenvalue weighted by Gasteiger charge is -2.26. The van der Waals surface area contributed by atoms with Gasteiger partial charge in [0.25, 0.3) is 5.91 Å². The van der Waals surface area contributed by atoms with E-state index < -0.39 is 23.5 Å². The van der Waals surface area contributed by atoms with E-state index in [0.29, 0.717) is 39.7 Å².